The van der Waals surface area contributed by atoms with Crippen LogP contribution in [0.2, 0.25) is 0 Å². The van der Waals surface area contributed by atoms with Gasteiger partial charge in [-0.1, -0.05) is 12.1 Å². The predicted molar refractivity (Wildman–Crippen MR) is 170 cm³/mol. The van der Waals surface area contributed by atoms with Crippen LogP contribution in [-0.2, 0) is 19.1 Å². The first-order valence-electron chi connectivity index (χ1n) is 15.5. The first-order chi connectivity index (χ1) is 23.3. The van der Waals surface area contributed by atoms with Gasteiger partial charge in [-0.3, -0.25) is 10.1 Å². The number of non-ortho nitro benzene ring substituents is 1. The van der Waals surface area contributed by atoms with Crippen LogP contribution in [-0.4, -0.2) is 80.9 Å². The topological polar surface area (TPSA) is 168 Å². The molecule has 0 saturated heterocycles. The van der Waals surface area contributed by atoms with Gasteiger partial charge in [0.2, 0.25) is 0 Å². The van der Waals surface area contributed by atoms with Crippen LogP contribution in [0, 0.1) is 10.1 Å². The summed E-state index contributed by atoms with van der Waals surface area (Å²) in [4.78, 5) is 37.3. The van der Waals surface area contributed by atoms with Crippen molar-refractivity contribution in [1.29, 1.82) is 0 Å². The van der Waals surface area contributed by atoms with E-state index in [4.69, 9.17) is 23.7 Å². The molecule has 16 heteroatoms. The van der Waals surface area contributed by atoms with Gasteiger partial charge < -0.3 is 39.4 Å². The van der Waals surface area contributed by atoms with E-state index in [9.17, 15) is 38.0 Å². The molecule has 2 atom stereocenters. The summed E-state index contributed by atoms with van der Waals surface area (Å²) < 4.78 is 69.9. The lowest BCUT2D eigenvalue weighted by Gasteiger charge is -2.32. The third kappa shape index (κ3) is 10.3. The minimum Gasteiger partial charge on any atom is -0.493 e. The van der Waals surface area contributed by atoms with E-state index < -0.39 is 52.0 Å². The Bertz CT molecular complexity index is 1540. The van der Waals surface area contributed by atoms with Gasteiger partial charge in [-0.25, -0.2) is 9.59 Å². The molecule has 0 amide bonds. The number of alkyl halides is 3. The third-order valence-electron chi connectivity index (χ3n) is 7.24. The van der Waals surface area contributed by atoms with Crippen LogP contribution in [0.4, 0.5) is 18.9 Å². The van der Waals surface area contributed by atoms with E-state index >= 15 is 0 Å². The standard InChI is InChI=1S/C33H40F3N3O10/c1-5-46-31(41)27-20(3)38-30(33(34,35)36)29(32(42)47-6-2)28(27)23-17-21(39(43)44)13-14-24(23)48-16-10-9-15-37-18-22(40)19-49-26-12-8-7-11-25(26)45-4/h7-8,11-14,17,22,28,37-38,40H,5-6,9-10,15-16,18-19H2,1-4H3. The maximum Gasteiger partial charge on any atom is 0.431 e. The van der Waals surface area contributed by atoms with Crippen LogP contribution in [0.5, 0.6) is 17.2 Å². The van der Waals surface area contributed by atoms with Crippen LogP contribution < -0.4 is 24.8 Å². The number of ether oxygens (including phenoxy) is 5. The Kier molecular flexibility index (Phi) is 14.2. The SMILES string of the molecule is CCOC(=O)C1=C(C)NC(C(F)(F)F)=C(C(=O)OCC)C1c1cc([N+](=O)[O-])ccc1OCCCCNCC(O)COc1ccccc1OC. The number of allylic oxidation sites excluding steroid dienone is 2. The maximum absolute atomic E-state index is 14.4. The van der Waals surface area contributed by atoms with Gasteiger partial charge in [-0.05, 0) is 58.4 Å². The van der Waals surface area contributed by atoms with Gasteiger partial charge in [-0.2, -0.15) is 13.2 Å². The number of hydrogen-bond acceptors (Lipinski definition) is 12. The van der Waals surface area contributed by atoms with Crippen LogP contribution in [0.15, 0.2) is 65.0 Å². The number of nitrogens with zero attached hydrogens (tertiary/aromatic N) is 1. The van der Waals surface area contributed by atoms with Gasteiger partial charge >= 0.3 is 18.1 Å². The highest BCUT2D eigenvalue weighted by Crippen LogP contribution is 2.46. The van der Waals surface area contributed by atoms with Gasteiger partial charge in [-0.15, -0.1) is 0 Å². The third-order valence-corrected chi connectivity index (χ3v) is 7.24. The number of dihydropyridines is 1. The minimum atomic E-state index is -5.09. The average Bonchev–Trinajstić information content (AvgIpc) is 3.06. The Hall–Kier alpha value is -4.83. The van der Waals surface area contributed by atoms with E-state index in [1.54, 1.807) is 24.3 Å². The average molecular weight is 696 g/mol. The summed E-state index contributed by atoms with van der Waals surface area (Å²) in [6.07, 6.45) is -4.93. The smallest absolute Gasteiger partial charge is 0.431 e. The van der Waals surface area contributed by atoms with E-state index in [1.165, 1.54) is 33.9 Å². The molecule has 0 radical (unpaired) electrons. The summed E-state index contributed by atoms with van der Waals surface area (Å²) in [5.41, 5.74) is -3.79. The predicted octanol–water partition coefficient (Wildman–Crippen LogP) is 4.70. The number of aliphatic hydroxyl groups excluding tert-OH is 1. The number of hydrogen-bond donors (Lipinski definition) is 3. The number of benzene rings is 2. The Morgan fingerprint density at radius 3 is 2.27 bits per heavy atom. The van der Waals surface area contributed by atoms with Crippen molar-refractivity contribution in [2.45, 2.75) is 51.8 Å². The van der Waals surface area contributed by atoms with Crippen LogP contribution in [0.3, 0.4) is 0 Å². The van der Waals surface area contributed by atoms with Crippen molar-refractivity contribution in [3.63, 3.8) is 0 Å². The van der Waals surface area contributed by atoms with E-state index in [1.807, 2.05) is 0 Å². The molecule has 1 aliphatic rings. The molecule has 2 aromatic carbocycles. The number of carbonyl (C=O) groups excluding carboxylic acids is 2. The molecule has 0 bridgehead atoms. The molecule has 1 heterocycles. The lowest BCUT2D eigenvalue weighted by atomic mass is 9.79. The number of rotatable bonds is 18. The number of aliphatic hydroxyl groups is 1. The number of unbranched alkanes of at least 4 members (excludes halogenated alkanes) is 1. The quantitative estimate of drug-likeness (QED) is 0.0853. The fraction of sp³-hybridized carbons (Fsp3) is 0.455. The van der Waals surface area contributed by atoms with Crippen molar-refractivity contribution in [1.82, 2.24) is 10.6 Å². The molecule has 0 fully saturated rings. The molecular weight excluding hydrogens is 655 g/mol. The Balaban J connectivity index is 1.79. The minimum absolute atomic E-state index is 0.0239. The molecule has 268 valence electrons. The molecule has 0 spiro atoms. The Morgan fingerprint density at radius 2 is 1.65 bits per heavy atom. The Morgan fingerprint density at radius 1 is 1.00 bits per heavy atom. The highest BCUT2D eigenvalue weighted by atomic mass is 19.4. The summed E-state index contributed by atoms with van der Waals surface area (Å²) in [6.45, 7) is 4.43. The number of halogens is 3. The molecule has 0 aromatic heterocycles. The van der Waals surface area contributed by atoms with Crippen LogP contribution >= 0.6 is 0 Å². The van der Waals surface area contributed by atoms with Crippen molar-refractivity contribution in [3.05, 3.63) is 80.7 Å². The highest BCUT2D eigenvalue weighted by Gasteiger charge is 2.48. The van der Waals surface area contributed by atoms with E-state index in [-0.39, 0.29) is 55.6 Å². The van der Waals surface area contributed by atoms with Crippen molar-refractivity contribution in [3.8, 4) is 17.2 Å². The zero-order chi connectivity index (χ0) is 36.1. The van der Waals surface area contributed by atoms with Crippen LogP contribution in [0.1, 0.15) is 45.1 Å². The van der Waals surface area contributed by atoms with Gasteiger partial charge in [0, 0.05) is 29.9 Å². The summed E-state index contributed by atoms with van der Waals surface area (Å²) in [5.74, 6) is -3.23. The highest BCUT2D eigenvalue weighted by molar-refractivity contribution is 6.00. The molecule has 49 heavy (non-hydrogen) atoms. The molecule has 0 aliphatic carbocycles. The molecule has 3 N–H and O–H groups in total. The van der Waals surface area contributed by atoms with E-state index in [2.05, 4.69) is 10.6 Å². The van der Waals surface area contributed by atoms with Crippen molar-refractivity contribution < 1.29 is 56.5 Å². The molecule has 13 nitrogen and oxygen atoms in total. The Labute approximate surface area is 281 Å². The normalized spacial score (nSPS) is 15.3. The second-order valence-corrected chi connectivity index (χ2v) is 10.7. The summed E-state index contributed by atoms with van der Waals surface area (Å²) >= 11 is 0. The molecule has 1 aliphatic heterocycles. The van der Waals surface area contributed by atoms with E-state index in [0.717, 1.165) is 12.1 Å². The zero-order valence-electron chi connectivity index (χ0n) is 27.6. The van der Waals surface area contributed by atoms with Gasteiger partial charge in [0.05, 0.1) is 48.9 Å². The lowest BCUT2D eigenvalue weighted by Crippen LogP contribution is -2.38. The number of para-hydroxylation sites is 2. The number of nitro benzene ring substituents is 1. The first kappa shape index (κ1) is 38.6. The van der Waals surface area contributed by atoms with Crippen molar-refractivity contribution in [2.75, 3.05) is 46.6 Å². The second kappa shape index (κ2) is 18.1. The van der Waals surface area contributed by atoms with Crippen molar-refractivity contribution >= 4 is 17.6 Å². The molecule has 3 rings (SSSR count). The molecule has 2 unspecified atom stereocenters. The number of esters is 2. The largest absolute Gasteiger partial charge is 0.493 e. The van der Waals surface area contributed by atoms with Gasteiger partial charge in [0.15, 0.2) is 11.5 Å². The fourth-order valence-corrected chi connectivity index (χ4v) is 5.06. The van der Waals surface area contributed by atoms with Crippen LogP contribution in [0.25, 0.3) is 0 Å². The lowest BCUT2D eigenvalue weighted by molar-refractivity contribution is -0.384. The summed E-state index contributed by atoms with van der Waals surface area (Å²) in [7, 11) is 1.51. The monoisotopic (exact) mass is 695 g/mol. The summed E-state index contributed by atoms with van der Waals surface area (Å²) in [6, 6.07) is 10.3. The number of nitrogens with one attached hydrogen (secondary N) is 2. The second-order valence-electron chi connectivity index (χ2n) is 10.7. The van der Waals surface area contributed by atoms with E-state index in [0.29, 0.717) is 30.9 Å². The molecule has 0 saturated carbocycles. The number of methoxy groups -OCH3 is 1. The number of carbonyl (C=O) groups is 2. The maximum atomic E-state index is 14.4. The van der Waals surface area contributed by atoms with Gasteiger partial charge in [0.25, 0.3) is 5.69 Å². The van der Waals surface area contributed by atoms with Crippen molar-refractivity contribution in [2.24, 2.45) is 0 Å². The fourth-order valence-electron chi connectivity index (χ4n) is 5.06. The summed E-state index contributed by atoms with van der Waals surface area (Å²) in [5, 5.41) is 27.2. The zero-order valence-corrected chi connectivity index (χ0v) is 27.6. The molecular formula is C33H40F3N3O10. The number of nitro groups is 1. The molecule has 2 aromatic rings. The van der Waals surface area contributed by atoms with Gasteiger partial charge in [0.1, 0.15) is 24.2 Å². The first-order valence-corrected chi connectivity index (χ1v) is 15.5.